The number of nitrogens with two attached hydrogens (primary N) is 1. The van der Waals surface area contributed by atoms with Gasteiger partial charge in [-0.25, -0.2) is 0 Å². The van der Waals surface area contributed by atoms with Gasteiger partial charge >= 0.3 is 0 Å². The van der Waals surface area contributed by atoms with E-state index in [4.69, 9.17) is 18.0 Å². The van der Waals surface area contributed by atoms with Crippen molar-refractivity contribution in [3.05, 3.63) is 35.9 Å². The summed E-state index contributed by atoms with van der Waals surface area (Å²) in [4.78, 5) is 5.60. The predicted octanol–water partition coefficient (Wildman–Crippen LogP) is 2.43. The molecule has 3 nitrogen and oxygen atoms in total. The lowest BCUT2D eigenvalue weighted by molar-refractivity contribution is 0.0898. The van der Waals surface area contributed by atoms with Crippen molar-refractivity contribution in [1.82, 2.24) is 9.80 Å². The molecule has 1 aromatic rings. The molecule has 0 radical (unpaired) electrons. The molecule has 2 rings (SSSR count). The first-order chi connectivity index (χ1) is 9.63. The number of thiocarbonyl (C=S) groups is 1. The molecule has 110 valence electrons. The van der Waals surface area contributed by atoms with Crippen LogP contribution in [-0.2, 0) is 0 Å². The van der Waals surface area contributed by atoms with E-state index in [1.807, 2.05) is 0 Å². The van der Waals surface area contributed by atoms with Crippen LogP contribution in [0.5, 0.6) is 0 Å². The average molecular weight is 291 g/mol. The number of hydrogen-bond acceptors (Lipinski definition) is 3. The maximum absolute atomic E-state index is 5.84. The van der Waals surface area contributed by atoms with Crippen LogP contribution in [0.1, 0.15) is 31.9 Å². The summed E-state index contributed by atoms with van der Waals surface area (Å²) < 4.78 is 0. The van der Waals surface area contributed by atoms with Gasteiger partial charge in [0.15, 0.2) is 0 Å². The molecule has 2 atom stereocenters. The molecule has 2 unspecified atom stereocenters. The molecule has 0 aliphatic carbocycles. The van der Waals surface area contributed by atoms with Gasteiger partial charge in [-0.15, -0.1) is 0 Å². The summed E-state index contributed by atoms with van der Waals surface area (Å²) in [6, 6.07) is 11.5. The third-order valence-electron chi connectivity index (χ3n) is 4.33. The first-order valence-corrected chi connectivity index (χ1v) is 7.86. The lowest BCUT2D eigenvalue weighted by Crippen LogP contribution is -2.53. The first-order valence-electron chi connectivity index (χ1n) is 7.45. The normalized spacial score (nSPS) is 20.5. The minimum absolute atomic E-state index is 0.263. The fourth-order valence-corrected chi connectivity index (χ4v) is 3.33. The number of piperazine rings is 1. The zero-order chi connectivity index (χ0) is 14.5. The maximum atomic E-state index is 5.84. The Kier molecular flexibility index (Phi) is 5.52. The highest BCUT2D eigenvalue weighted by molar-refractivity contribution is 7.80. The summed E-state index contributed by atoms with van der Waals surface area (Å²) in [6.07, 6.45) is 1.00. The molecule has 0 spiro atoms. The molecule has 1 aromatic carbocycles. The van der Waals surface area contributed by atoms with E-state index < -0.39 is 0 Å². The lowest BCUT2D eigenvalue weighted by Gasteiger charge is -2.41. The third kappa shape index (κ3) is 3.57. The summed E-state index contributed by atoms with van der Waals surface area (Å²) in [7, 11) is 0. The van der Waals surface area contributed by atoms with Crippen LogP contribution in [0.25, 0.3) is 0 Å². The zero-order valence-electron chi connectivity index (χ0n) is 12.5. The Hall–Kier alpha value is -0.970. The van der Waals surface area contributed by atoms with Crippen LogP contribution < -0.4 is 5.73 Å². The number of benzene rings is 1. The summed E-state index contributed by atoms with van der Waals surface area (Å²) in [6.45, 7) is 8.70. The molecular formula is C16H25N3S. The Morgan fingerprint density at radius 2 is 1.70 bits per heavy atom. The van der Waals surface area contributed by atoms with Crippen LogP contribution in [0.4, 0.5) is 0 Å². The zero-order valence-corrected chi connectivity index (χ0v) is 13.3. The van der Waals surface area contributed by atoms with Crippen LogP contribution >= 0.6 is 12.2 Å². The van der Waals surface area contributed by atoms with E-state index in [1.165, 1.54) is 5.56 Å². The number of hydrogen-bond donors (Lipinski definition) is 1. The van der Waals surface area contributed by atoms with Crippen molar-refractivity contribution in [3.63, 3.8) is 0 Å². The molecule has 20 heavy (non-hydrogen) atoms. The molecule has 1 saturated heterocycles. The van der Waals surface area contributed by atoms with Gasteiger partial charge in [0, 0.05) is 32.2 Å². The van der Waals surface area contributed by atoms with E-state index in [0.717, 1.165) is 32.6 Å². The van der Waals surface area contributed by atoms with Gasteiger partial charge in [-0.1, -0.05) is 49.5 Å². The highest BCUT2D eigenvalue weighted by atomic mass is 32.1. The van der Waals surface area contributed by atoms with E-state index >= 15 is 0 Å². The van der Waals surface area contributed by atoms with Crippen molar-refractivity contribution in [2.75, 3.05) is 26.2 Å². The SMILES string of the molecule is CCC(C(N)=S)N1CCN(C(C)c2ccccc2)CC1. The second kappa shape index (κ2) is 7.16. The van der Waals surface area contributed by atoms with Gasteiger partial charge in [0.25, 0.3) is 0 Å². The summed E-state index contributed by atoms with van der Waals surface area (Å²) in [5.74, 6) is 0. The van der Waals surface area contributed by atoms with Gasteiger partial charge in [-0.2, -0.15) is 0 Å². The highest BCUT2D eigenvalue weighted by Gasteiger charge is 2.26. The quantitative estimate of drug-likeness (QED) is 0.845. The maximum Gasteiger partial charge on any atom is 0.0901 e. The Morgan fingerprint density at radius 1 is 1.15 bits per heavy atom. The predicted molar refractivity (Wildman–Crippen MR) is 88.9 cm³/mol. The average Bonchev–Trinajstić information content (AvgIpc) is 2.48. The van der Waals surface area contributed by atoms with Gasteiger partial charge in [-0.3, -0.25) is 9.80 Å². The van der Waals surface area contributed by atoms with Gasteiger partial charge in [0.05, 0.1) is 11.0 Å². The largest absolute Gasteiger partial charge is 0.392 e. The van der Waals surface area contributed by atoms with Crippen molar-refractivity contribution in [2.45, 2.75) is 32.4 Å². The molecule has 1 fully saturated rings. The highest BCUT2D eigenvalue weighted by Crippen LogP contribution is 2.22. The smallest absolute Gasteiger partial charge is 0.0901 e. The molecule has 1 aliphatic rings. The minimum Gasteiger partial charge on any atom is -0.392 e. The molecule has 4 heteroatoms. The molecular weight excluding hydrogens is 266 g/mol. The van der Waals surface area contributed by atoms with Crippen LogP contribution in [-0.4, -0.2) is 47.0 Å². The lowest BCUT2D eigenvalue weighted by atomic mass is 10.1. The molecule has 0 saturated carbocycles. The fraction of sp³-hybridized carbons (Fsp3) is 0.562. The second-order valence-corrected chi connectivity index (χ2v) is 5.96. The molecule has 2 N–H and O–H groups in total. The molecule has 1 heterocycles. The van der Waals surface area contributed by atoms with Crippen molar-refractivity contribution in [2.24, 2.45) is 5.73 Å². The standard InChI is InChI=1S/C16H25N3S/c1-3-15(16(17)20)19-11-9-18(10-12-19)13(2)14-7-5-4-6-8-14/h4-8,13,15H,3,9-12H2,1-2H3,(H2,17,20). The van der Waals surface area contributed by atoms with Gasteiger partial charge in [0.1, 0.15) is 0 Å². The Morgan fingerprint density at radius 3 is 2.20 bits per heavy atom. The molecule has 1 aliphatic heterocycles. The van der Waals surface area contributed by atoms with Crippen molar-refractivity contribution in [3.8, 4) is 0 Å². The fourth-order valence-electron chi connectivity index (χ4n) is 3.02. The topological polar surface area (TPSA) is 32.5 Å². The van der Waals surface area contributed by atoms with E-state index in [1.54, 1.807) is 0 Å². The second-order valence-electron chi connectivity index (χ2n) is 5.49. The van der Waals surface area contributed by atoms with Crippen molar-refractivity contribution < 1.29 is 0 Å². The Bertz CT molecular complexity index is 427. The number of nitrogens with zero attached hydrogens (tertiary/aromatic N) is 2. The summed E-state index contributed by atoms with van der Waals surface area (Å²) in [5, 5.41) is 0. The van der Waals surface area contributed by atoms with Crippen LogP contribution in [0, 0.1) is 0 Å². The third-order valence-corrected chi connectivity index (χ3v) is 4.61. The Balaban J connectivity index is 1.93. The van der Waals surface area contributed by atoms with Crippen LogP contribution in [0.3, 0.4) is 0 Å². The van der Waals surface area contributed by atoms with Gasteiger partial charge in [0.2, 0.25) is 0 Å². The van der Waals surface area contributed by atoms with E-state index in [9.17, 15) is 0 Å². The molecule has 0 amide bonds. The monoisotopic (exact) mass is 291 g/mol. The molecule has 0 aromatic heterocycles. The first kappa shape index (κ1) is 15.4. The van der Waals surface area contributed by atoms with Crippen molar-refractivity contribution >= 4 is 17.2 Å². The van der Waals surface area contributed by atoms with E-state index in [0.29, 0.717) is 11.0 Å². The summed E-state index contributed by atoms with van der Waals surface area (Å²) >= 11 is 5.18. The van der Waals surface area contributed by atoms with Crippen molar-refractivity contribution in [1.29, 1.82) is 0 Å². The van der Waals surface area contributed by atoms with Crippen LogP contribution in [0.2, 0.25) is 0 Å². The number of rotatable bonds is 5. The molecule has 0 bridgehead atoms. The Labute approximate surface area is 127 Å². The van der Waals surface area contributed by atoms with Gasteiger partial charge < -0.3 is 5.73 Å². The summed E-state index contributed by atoms with van der Waals surface area (Å²) in [5.41, 5.74) is 7.23. The minimum atomic E-state index is 0.263. The van der Waals surface area contributed by atoms with Gasteiger partial charge in [-0.05, 0) is 18.9 Å². The van der Waals surface area contributed by atoms with E-state index in [-0.39, 0.29) is 6.04 Å². The van der Waals surface area contributed by atoms with E-state index in [2.05, 4.69) is 54.0 Å². The van der Waals surface area contributed by atoms with Crippen LogP contribution in [0.15, 0.2) is 30.3 Å².